The first-order valence-electron chi connectivity index (χ1n) is 8.10. The molecule has 3 aromatic rings. The van der Waals surface area contributed by atoms with Gasteiger partial charge < -0.3 is 5.32 Å². The van der Waals surface area contributed by atoms with Crippen LogP contribution in [0, 0.1) is 6.92 Å². The Bertz CT molecular complexity index is 866. The van der Waals surface area contributed by atoms with Gasteiger partial charge in [-0.1, -0.05) is 54.6 Å². The van der Waals surface area contributed by atoms with Crippen molar-refractivity contribution >= 4 is 5.91 Å². The number of nitrogens with one attached hydrogen (secondary N) is 1. The molecule has 1 heterocycles. The lowest BCUT2D eigenvalue weighted by Gasteiger charge is -2.12. The van der Waals surface area contributed by atoms with E-state index >= 15 is 0 Å². The number of aryl methyl sites for hydroxylation is 2. The zero-order valence-corrected chi connectivity index (χ0v) is 14.2. The molecule has 0 unspecified atom stereocenters. The third-order valence-electron chi connectivity index (χ3n) is 4.05. The first-order chi connectivity index (χ1) is 11.6. The van der Waals surface area contributed by atoms with E-state index in [0.717, 1.165) is 28.1 Å². The molecule has 3 rings (SSSR count). The van der Waals surface area contributed by atoms with Crippen LogP contribution in [0.1, 0.15) is 23.0 Å². The lowest BCUT2D eigenvalue weighted by atomic mass is 9.95. The lowest BCUT2D eigenvalue weighted by Crippen LogP contribution is -2.23. The summed E-state index contributed by atoms with van der Waals surface area (Å²) in [5.74, 6) is -0.0824. The monoisotopic (exact) mass is 319 g/mol. The number of carbonyl (C=O) groups is 1. The maximum absolute atomic E-state index is 12.6. The van der Waals surface area contributed by atoms with Crippen LogP contribution in [0.15, 0.2) is 54.6 Å². The first kappa shape index (κ1) is 16.0. The van der Waals surface area contributed by atoms with E-state index in [1.165, 1.54) is 0 Å². The van der Waals surface area contributed by atoms with Gasteiger partial charge >= 0.3 is 0 Å². The van der Waals surface area contributed by atoms with Gasteiger partial charge in [0.1, 0.15) is 0 Å². The van der Waals surface area contributed by atoms with Gasteiger partial charge in [-0.2, -0.15) is 5.10 Å². The molecule has 0 aliphatic heterocycles. The van der Waals surface area contributed by atoms with Crippen LogP contribution < -0.4 is 5.32 Å². The predicted octanol–water partition coefficient (Wildman–Crippen LogP) is 3.81. The van der Waals surface area contributed by atoms with Gasteiger partial charge in [0.15, 0.2) is 0 Å². The van der Waals surface area contributed by atoms with Gasteiger partial charge in [-0.15, -0.1) is 0 Å². The topological polar surface area (TPSA) is 46.9 Å². The van der Waals surface area contributed by atoms with Gasteiger partial charge in [0.2, 0.25) is 0 Å². The second-order valence-electron chi connectivity index (χ2n) is 5.70. The van der Waals surface area contributed by atoms with Crippen LogP contribution in [-0.4, -0.2) is 22.2 Å². The molecule has 2 aromatic carbocycles. The summed E-state index contributed by atoms with van der Waals surface area (Å²) in [6.07, 6.45) is 0. The molecule has 0 spiro atoms. The Morgan fingerprint density at radius 1 is 1.04 bits per heavy atom. The largest absolute Gasteiger partial charge is 0.352 e. The summed E-state index contributed by atoms with van der Waals surface area (Å²) < 4.78 is 1.79. The van der Waals surface area contributed by atoms with Crippen molar-refractivity contribution in [3.05, 3.63) is 65.9 Å². The fourth-order valence-electron chi connectivity index (χ4n) is 3.05. The molecule has 0 saturated carbocycles. The molecule has 0 atom stereocenters. The van der Waals surface area contributed by atoms with Crippen molar-refractivity contribution in [1.29, 1.82) is 0 Å². The Hall–Kier alpha value is -2.88. The van der Waals surface area contributed by atoms with E-state index in [1.54, 1.807) is 4.68 Å². The van der Waals surface area contributed by atoms with Crippen LogP contribution >= 0.6 is 0 Å². The predicted molar refractivity (Wildman–Crippen MR) is 96.8 cm³/mol. The summed E-state index contributed by atoms with van der Waals surface area (Å²) in [6, 6.07) is 18.3. The lowest BCUT2D eigenvalue weighted by molar-refractivity contribution is 0.0956. The molecular formula is C20H21N3O. The van der Waals surface area contributed by atoms with Crippen molar-refractivity contribution in [2.24, 2.45) is 7.05 Å². The maximum atomic E-state index is 12.6. The van der Waals surface area contributed by atoms with E-state index in [1.807, 2.05) is 57.3 Å². The SMILES string of the molecule is CCNC(=O)c1c(C)nn(C)c1-c1ccccc1-c1ccccc1. The Morgan fingerprint density at radius 3 is 2.33 bits per heavy atom. The molecule has 0 fully saturated rings. The molecule has 1 amide bonds. The van der Waals surface area contributed by atoms with Crippen LogP contribution in [0.25, 0.3) is 22.4 Å². The number of nitrogens with zero attached hydrogens (tertiary/aromatic N) is 2. The van der Waals surface area contributed by atoms with E-state index in [-0.39, 0.29) is 5.91 Å². The maximum Gasteiger partial charge on any atom is 0.255 e. The molecule has 0 aliphatic carbocycles. The minimum Gasteiger partial charge on any atom is -0.352 e. The summed E-state index contributed by atoms with van der Waals surface area (Å²) in [6.45, 7) is 4.38. The van der Waals surface area contributed by atoms with Crippen LogP contribution in [0.5, 0.6) is 0 Å². The quantitative estimate of drug-likeness (QED) is 0.795. The van der Waals surface area contributed by atoms with E-state index in [2.05, 4.69) is 28.6 Å². The van der Waals surface area contributed by atoms with Crippen molar-refractivity contribution in [1.82, 2.24) is 15.1 Å². The highest BCUT2D eigenvalue weighted by molar-refractivity contribution is 6.02. The number of hydrogen-bond donors (Lipinski definition) is 1. The van der Waals surface area contributed by atoms with E-state index in [9.17, 15) is 4.79 Å². The second-order valence-corrected chi connectivity index (χ2v) is 5.70. The highest BCUT2D eigenvalue weighted by Gasteiger charge is 2.22. The Balaban J connectivity index is 2.23. The van der Waals surface area contributed by atoms with Crippen LogP contribution in [0.3, 0.4) is 0 Å². The molecule has 122 valence electrons. The average Bonchev–Trinajstić information content (AvgIpc) is 2.90. The van der Waals surface area contributed by atoms with Crippen molar-refractivity contribution in [3.8, 4) is 22.4 Å². The van der Waals surface area contributed by atoms with Gasteiger partial charge in [0.05, 0.1) is 17.0 Å². The summed E-state index contributed by atoms with van der Waals surface area (Å²) >= 11 is 0. The van der Waals surface area contributed by atoms with Crippen molar-refractivity contribution in [3.63, 3.8) is 0 Å². The van der Waals surface area contributed by atoms with Crippen LogP contribution in [-0.2, 0) is 7.05 Å². The molecule has 0 saturated heterocycles. The van der Waals surface area contributed by atoms with E-state index in [0.29, 0.717) is 12.1 Å². The standard InChI is InChI=1S/C20H21N3O/c1-4-21-20(24)18-14(2)22-23(3)19(18)17-13-9-8-12-16(17)15-10-6-5-7-11-15/h5-13H,4H2,1-3H3,(H,21,24). The summed E-state index contributed by atoms with van der Waals surface area (Å²) in [7, 11) is 1.88. The smallest absolute Gasteiger partial charge is 0.255 e. The molecule has 0 bridgehead atoms. The van der Waals surface area contributed by atoms with Crippen LogP contribution in [0.4, 0.5) is 0 Å². The minimum atomic E-state index is -0.0824. The van der Waals surface area contributed by atoms with Gasteiger partial charge in [-0.05, 0) is 25.0 Å². The molecule has 1 aromatic heterocycles. The number of amides is 1. The van der Waals surface area contributed by atoms with Gasteiger partial charge in [0.25, 0.3) is 5.91 Å². The van der Waals surface area contributed by atoms with Gasteiger partial charge in [0, 0.05) is 19.2 Å². The molecule has 0 radical (unpaired) electrons. The van der Waals surface area contributed by atoms with E-state index < -0.39 is 0 Å². The highest BCUT2D eigenvalue weighted by Crippen LogP contribution is 2.34. The Morgan fingerprint density at radius 2 is 1.67 bits per heavy atom. The zero-order valence-electron chi connectivity index (χ0n) is 14.2. The number of rotatable bonds is 4. The number of aromatic nitrogens is 2. The fourth-order valence-corrected chi connectivity index (χ4v) is 3.05. The average molecular weight is 319 g/mol. The second kappa shape index (κ2) is 6.71. The molecule has 0 aliphatic rings. The van der Waals surface area contributed by atoms with Gasteiger partial charge in [-0.25, -0.2) is 0 Å². The van der Waals surface area contributed by atoms with Crippen molar-refractivity contribution < 1.29 is 4.79 Å². The first-order valence-corrected chi connectivity index (χ1v) is 8.10. The summed E-state index contributed by atoms with van der Waals surface area (Å²) in [5.41, 5.74) is 5.44. The minimum absolute atomic E-state index is 0.0824. The summed E-state index contributed by atoms with van der Waals surface area (Å²) in [4.78, 5) is 12.6. The van der Waals surface area contributed by atoms with Crippen molar-refractivity contribution in [2.75, 3.05) is 6.54 Å². The zero-order chi connectivity index (χ0) is 17.1. The summed E-state index contributed by atoms with van der Waals surface area (Å²) in [5, 5.41) is 7.37. The van der Waals surface area contributed by atoms with Gasteiger partial charge in [-0.3, -0.25) is 9.48 Å². The third kappa shape index (κ3) is 2.83. The molecular weight excluding hydrogens is 298 g/mol. The van der Waals surface area contributed by atoms with Crippen LogP contribution in [0.2, 0.25) is 0 Å². The molecule has 24 heavy (non-hydrogen) atoms. The van der Waals surface area contributed by atoms with E-state index in [4.69, 9.17) is 0 Å². The molecule has 4 heteroatoms. The number of benzene rings is 2. The number of hydrogen-bond acceptors (Lipinski definition) is 2. The Kier molecular flexibility index (Phi) is 4.47. The third-order valence-corrected chi connectivity index (χ3v) is 4.05. The number of carbonyl (C=O) groups excluding carboxylic acids is 1. The normalized spacial score (nSPS) is 10.6. The highest BCUT2D eigenvalue weighted by atomic mass is 16.1. The fraction of sp³-hybridized carbons (Fsp3) is 0.200. The Labute approximate surface area is 142 Å². The molecule has 4 nitrogen and oxygen atoms in total. The molecule has 1 N–H and O–H groups in total. The van der Waals surface area contributed by atoms with Crippen molar-refractivity contribution in [2.45, 2.75) is 13.8 Å².